The van der Waals surface area contributed by atoms with Crippen LogP contribution in [-0.2, 0) is 17.6 Å². The lowest BCUT2D eigenvalue weighted by Gasteiger charge is -2.28. The Bertz CT molecular complexity index is 459. The van der Waals surface area contributed by atoms with Crippen molar-refractivity contribution in [3.05, 3.63) is 21.4 Å². The van der Waals surface area contributed by atoms with E-state index >= 15 is 0 Å². The molecule has 2 rings (SSSR count). The zero-order chi connectivity index (χ0) is 13.5. The van der Waals surface area contributed by atoms with Gasteiger partial charge in [0.25, 0.3) is 0 Å². The lowest BCUT2D eigenvalue weighted by atomic mass is 10.1. The molecule has 1 atom stereocenters. The summed E-state index contributed by atoms with van der Waals surface area (Å²) in [4.78, 5) is 15.2. The van der Waals surface area contributed by atoms with Crippen molar-refractivity contribution in [2.75, 3.05) is 7.05 Å². The number of hydrogen-bond acceptors (Lipinski definition) is 3. The van der Waals surface area contributed by atoms with Gasteiger partial charge >= 0.3 is 6.09 Å². The maximum Gasteiger partial charge on any atom is 0.410 e. The predicted octanol–water partition coefficient (Wildman–Crippen LogP) is 3.39. The number of nitrogens with zero attached hydrogens (tertiary/aromatic N) is 1. The number of thiophene rings is 1. The van der Waals surface area contributed by atoms with E-state index in [0.29, 0.717) is 0 Å². The van der Waals surface area contributed by atoms with Crippen LogP contribution in [-0.4, -0.2) is 29.7 Å². The monoisotopic (exact) mass is 267 g/mol. The quantitative estimate of drug-likeness (QED) is 0.780. The van der Waals surface area contributed by atoms with Crippen molar-refractivity contribution in [3.63, 3.8) is 0 Å². The Morgan fingerprint density at radius 2 is 2.11 bits per heavy atom. The van der Waals surface area contributed by atoms with Gasteiger partial charge in [-0.25, -0.2) is 4.79 Å². The first-order valence-corrected chi connectivity index (χ1v) is 7.17. The van der Waals surface area contributed by atoms with Crippen LogP contribution in [0.2, 0.25) is 0 Å². The second-order valence-electron chi connectivity index (χ2n) is 5.97. The van der Waals surface area contributed by atoms with E-state index in [1.54, 1.807) is 16.2 Å². The average molecular weight is 267 g/mol. The molecular formula is C14H21NO2S. The second kappa shape index (κ2) is 4.57. The molecule has 0 saturated heterocycles. The first-order valence-electron chi connectivity index (χ1n) is 6.29. The van der Waals surface area contributed by atoms with Crippen LogP contribution in [0.25, 0.3) is 0 Å². The smallest absolute Gasteiger partial charge is 0.410 e. The van der Waals surface area contributed by atoms with Crippen LogP contribution < -0.4 is 0 Å². The van der Waals surface area contributed by atoms with Gasteiger partial charge in [-0.3, -0.25) is 0 Å². The van der Waals surface area contributed by atoms with E-state index in [2.05, 4.69) is 12.3 Å². The van der Waals surface area contributed by atoms with Crippen LogP contribution in [0.4, 0.5) is 4.79 Å². The molecule has 0 spiro atoms. The number of likely N-dealkylation sites (N-methyl/N-ethyl adjacent to an activating group) is 1. The number of fused-ring (bicyclic) bond motifs is 1. The van der Waals surface area contributed by atoms with Crippen molar-refractivity contribution in [2.45, 2.75) is 52.2 Å². The zero-order valence-corrected chi connectivity index (χ0v) is 12.6. The highest BCUT2D eigenvalue weighted by Gasteiger charge is 2.31. The van der Waals surface area contributed by atoms with Crippen molar-refractivity contribution in [1.29, 1.82) is 0 Å². The van der Waals surface area contributed by atoms with Crippen LogP contribution >= 0.6 is 11.3 Å². The molecule has 0 aliphatic heterocycles. The molecular weight excluding hydrogens is 246 g/mol. The Morgan fingerprint density at radius 1 is 1.44 bits per heavy atom. The van der Waals surface area contributed by atoms with E-state index < -0.39 is 5.60 Å². The Hall–Kier alpha value is -1.03. The summed E-state index contributed by atoms with van der Waals surface area (Å²) in [6.45, 7) is 7.84. The molecule has 0 aromatic carbocycles. The van der Waals surface area contributed by atoms with Crippen LogP contribution in [0, 0.1) is 6.92 Å². The van der Waals surface area contributed by atoms with Crippen molar-refractivity contribution >= 4 is 17.4 Å². The summed E-state index contributed by atoms with van der Waals surface area (Å²) < 4.78 is 5.41. The van der Waals surface area contributed by atoms with Crippen LogP contribution in [0.5, 0.6) is 0 Å². The fourth-order valence-electron chi connectivity index (χ4n) is 2.25. The molecule has 1 heterocycles. The molecule has 1 aliphatic rings. The van der Waals surface area contributed by atoms with Crippen molar-refractivity contribution in [3.8, 4) is 0 Å². The third-order valence-electron chi connectivity index (χ3n) is 3.28. The molecule has 1 aromatic heterocycles. The summed E-state index contributed by atoms with van der Waals surface area (Å²) in [6.07, 6.45) is 1.70. The maximum atomic E-state index is 12.0. The van der Waals surface area contributed by atoms with Gasteiger partial charge in [-0.2, -0.15) is 0 Å². The predicted molar refractivity (Wildman–Crippen MR) is 74.2 cm³/mol. The summed E-state index contributed by atoms with van der Waals surface area (Å²) in [5.74, 6) is 0. The highest BCUT2D eigenvalue weighted by atomic mass is 32.1. The third-order valence-corrected chi connectivity index (χ3v) is 4.45. The summed E-state index contributed by atoms with van der Waals surface area (Å²) in [5.41, 5.74) is 2.36. The summed E-state index contributed by atoms with van der Waals surface area (Å²) in [7, 11) is 1.84. The maximum absolute atomic E-state index is 12.0. The van der Waals surface area contributed by atoms with Gasteiger partial charge in [0.15, 0.2) is 0 Å². The molecule has 0 fully saturated rings. The minimum absolute atomic E-state index is 0.222. The van der Waals surface area contributed by atoms with E-state index in [9.17, 15) is 4.79 Å². The van der Waals surface area contributed by atoms with Gasteiger partial charge in [0.1, 0.15) is 5.60 Å². The minimum atomic E-state index is -0.426. The van der Waals surface area contributed by atoms with E-state index in [4.69, 9.17) is 4.74 Å². The summed E-state index contributed by atoms with van der Waals surface area (Å²) in [6, 6.07) is 0.251. The van der Waals surface area contributed by atoms with Crippen LogP contribution in [0.15, 0.2) is 5.38 Å². The van der Waals surface area contributed by atoms with Gasteiger partial charge in [-0.1, -0.05) is 0 Å². The third kappa shape index (κ3) is 2.69. The van der Waals surface area contributed by atoms with Gasteiger partial charge in [0.05, 0.1) is 0 Å². The van der Waals surface area contributed by atoms with Crippen LogP contribution in [0.1, 0.15) is 36.8 Å². The van der Waals surface area contributed by atoms with Gasteiger partial charge in [0.2, 0.25) is 0 Å². The van der Waals surface area contributed by atoms with Gasteiger partial charge < -0.3 is 9.64 Å². The fourth-order valence-corrected chi connectivity index (χ4v) is 3.38. The Labute approximate surface area is 113 Å². The summed E-state index contributed by atoms with van der Waals surface area (Å²) >= 11 is 1.81. The molecule has 1 unspecified atom stereocenters. The Kier molecular flexibility index (Phi) is 3.41. The number of amides is 1. The van der Waals surface area contributed by atoms with Crippen molar-refractivity contribution < 1.29 is 9.53 Å². The molecule has 0 saturated carbocycles. The van der Waals surface area contributed by atoms with Crippen molar-refractivity contribution in [2.24, 2.45) is 0 Å². The Morgan fingerprint density at radius 3 is 2.67 bits per heavy atom. The van der Waals surface area contributed by atoms with Crippen LogP contribution in [0.3, 0.4) is 0 Å². The SMILES string of the molecule is Cc1csc2c1CC(N(C)C(=O)OC(C)(C)C)C2. The molecule has 100 valence electrons. The fraction of sp³-hybridized carbons (Fsp3) is 0.643. The van der Waals surface area contributed by atoms with E-state index in [1.807, 2.05) is 27.8 Å². The number of ether oxygens (including phenoxy) is 1. The minimum Gasteiger partial charge on any atom is -0.444 e. The molecule has 0 bridgehead atoms. The molecule has 3 nitrogen and oxygen atoms in total. The van der Waals surface area contributed by atoms with E-state index in [-0.39, 0.29) is 12.1 Å². The number of carbonyl (C=O) groups is 1. The zero-order valence-electron chi connectivity index (χ0n) is 11.7. The van der Waals surface area contributed by atoms with Gasteiger partial charge in [-0.05, 0) is 50.6 Å². The molecule has 1 aliphatic carbocycles. The number of carbonyl (C=O) groups excluding carboxylic acids is 1. The van der Waals surface area contributed by atoms with E-state index in [0.717, 1.165) is 12.8 Å². The number of aryl methyl sites for hydroxylation is 1. The highest BCUT2D eigenvalue weighted by molar-refractivity contribution is 7.10. The molecule has 1 amide bonds. The molecule has 18 heavy (non-hydrogen) atoms. The number of rotatable bonds is 1. The molecule has 4 heteroatoms. The van der Waals surface area contributed by atoms with Crippen molar-refractivity contribution in [1.82, 2.24) is 4.90 Å². The first-order chi connectivity index (χ1) is 8.28. The molecule has 0 N–H and O–H groups in total. The second-order valence-corrected chi connectivity index (χ2v) is 6.94. The lowest BCUT2D eigenvalue weighted by Crippen LogP contribution is -2.41. The molecule has 1 aromatic rings. The lowest BCUT2D eigenvalue weighted by molar-refractivity contribution is 0.0230. The average Bonchev–Trinajstić information content (AvgIpc) is 2.77. The van der Waals surface area contributed by atoms with Gasteiger partial charge in [0, 0.05) is 24.4 Å². The largest absolute Gasteiger partial charge is 0.444 e. The number of hydrogen-bond donors (Lipinski definition) is 0. The summed E-state index contributed by atoms with van der Waals surface area (Å²) in [5, 5.41) is 2.20. The Balaban J connectivity index is 2.01. The topological polar surface area (TPSA) is 29.5 Å². The standard InChI is InChI=1S/C14H21NO2S/c1-9-8-18-12-7-10(6-11(9)12)15(5)13(16)17-14(2,3)4/h8,10H,6-7H2,1-5H3. The first kappa shape index (κ1) is 13.4. The van der Waals surface area contributed by atoms with Gasteiger partial charge in [-0.15, -0.1) is 11.3 Å². The normalized spacial score (nSPS) is 18.6. The highest BCUT2D eigenvalue weighted by Crippen LogP contribution is 2.33. The molecule has 0 radical (unpaired) electrons. The van der Waals surface area contributed by atoms with E-state index in [1.165, 1.54) is 16.0 Å².